The van der Waals surface area contributed by atoms with Crippen molar-refractivity contribution in [1.82, 2.24) is 14.7 Å². The lowest BCUT2D eigenvalue weighted by Crippen LogP contribution is -2.64. The van der Waals surface area contributed by atoms with Crippen LogP contribution in [0.5, 0.6) is 0 Å². The minimum absolute atomic E-state index is 0.228. The standard InChI is InChI=1S/C20H22N6O3/c1-4-5-10-24-18(28)15-17(23(3)20(24)29)22-19-25(15)11-12(2)26(19)14-8-6-13(7-9-14)16(21)27/h4-9,11,15,17H,10H2,1-3H3,(H2,21,27)/b5-4+. The van der Waals surface area contributed by atoms with Gasteiger partial charge in [0.15, 0.2) is 12.2 Å². The number of aliphatic imine (C=N–C) groups is 1. The molecule has 1 saturated heterocycles. The van der Waals surface area contributed by atoms with E-state index in [1.54, 1.807) is 43.5 Å². The van der Waals surface area contributed by atoms with Crippen molar-refractivity contribution in [3.8, 4) is 0 Å². The molecule has 0 aromatic heterocycles. The molecule has 4 amide bonds. The number of imide groups is 1. The van der Waals surface area contributed by atoms with Crippen molar-refractivity contribution in [2.75, 3.05) is 18.5 Å². The molecule has 0 saturated carbocycles. The van der Waals surface area contributed by atoms with Gasteiger partial charge in [0.25, 0.3) is 5.91 Å². The fourth-order valence-corrected chi connectivity index (χ4v) is 3.83. The van der Waals surface area contributed by atoms with Gasteiger partial charge in [0.2, 0.25) is 11.9 Å². The zero-order chi connectivity index (χ0) is 20.9. The molecule has 0 bridgehead atoms. The van der Waals surface area contributed by atoms with Crippen LogP contribution in [0.4, 0.5) is 10.5 Å². The molecule has 0 spiro atoms. The van der Waals surface area contributed by atoms with Crippen molar-refractivity contribution in [2.24, 2.45) is 10.7 Å². The number of allylic oxidation sites excluding steroid dienone is 2. The monoisotopic (exact) mass is 394 g/mol. The Labute approximate surface area is 168 Å². The predicted octanol–water partition coefficient (Wildman–Crippen LogP) is 1.30. The van der Waals surface area contributed by atoms with Gasteiger partial charge in [0.1, 0.15) is 0 Å². The molecule has 3 heterocycles. The zero-order valence-corrected chi connectivity index (χ0v) is 16.4. The van der Waals surface area contributed by atoms with E-state index in [1.807, 2.05) is 29.8 Å². The first kappa shape index (κ1) is 18.7. The van der Waals surface area contributed by atoms with Crippen LogP contribution in [-0.2, 0) is 4.79 Å². The van der Waals surface area contributed by atoms with E-state index in [0.717, 1.165) is 11.4 Å². The molecule has 150 valence electrons. The van der Waals surface area contributed by atoms with Gasteiger partial charge in [-0.1, -0.05) is 12.2 Å². The number of amides is 4. The highest BCUT2D eigenvalue weighted by Gasteiger charge is 2.54. The third-order valence-electron chi connectivity index (χ3n) is 5.32. The number of anilines is 1. The Balaban J connectivity index is 1.68. The van der Waals surface area contributed by atoms with Crippen molar-refractivity contribution in [2.45, 2.75) is 26.1 Å². The summed E-state index contributed by atoms with van der Waals surface area (Å²) in [5, 5.41) is 0. The van der Waals surface area contributed by atoms with Crippen LogP contribution in [0.3, 0.4) is 0 Å². The second-order valence-corrected chi connectivity index (χ2v) is 7.12. The van der Waals surface area contributed by atoms with Gasteiger partial charge in [-0.25, -0.2) is 9.79 Å². The summed E-state index contributed by atoms with van der Waals surface area (Å²) in [6.45, 7) is 3.99. The summed E-state index contributed by atoms with van der Waals surface area (Å²) >= 11 is 0. The molecule has 1 aromatic rings. The zero-order valence-electron chi connectivity index (χ0n) is 16.4. The van der Waals surface area contributed by atoms with Crippen LogP contribution in [0.2, 0.25) is 0 Å². The summed E-state index contributed by atoms with van der Waals surface area (Å²) in [5.41, 5.74) is 7.40. The van der Waals surface area contributed by atoms with Gasteiger partial charge in [0, 0.05) is 36.7 Å². The molecule has 0 radical (unpaired) electrons. The second-order valence-electron chi connectivity index (χ2n) is 7.12. The van der Waals surface area contributed by atoms with Crippen molar-refractivity contribution in [3.05, 3.63) is 53.9 Å². The third-order valence-corrected chi connectivity index (χ3v) is 5.32. The number of rotatable bonds is 4. The third kappa shape index (κ3) is 2.77. The second kappa shape index (κ2) is 6.77. The highest BCUT2D eigenvalue weighted by Crippen LogP contribution is 2.36. The van der Waals surface area contributed by atoms with Crippen LogP contribution in [0.25, 0.3) is 0 Å². The molecule has 1 aromatic carbocycles. The number of hydrogen-bond donors (Lipinski definition) is 1. The number of primary amides is 1. The van der Waals surface area contributed by atoms with Crippen LogP contribution in [0, 0.1) is 0 Å². The summed E-state index contributed by atoms with van der Waals surface area (Å²) in [6, 6.07) is 5.88. The van der Waals surface area contributed by atoms with Crippen molar-refractivity contribution in [3.63, 3.8) is 0 Å². The van der Waals surface area contributed by atoms with E-state index in [4.69, 9.17) is 10.7 Å². The SMILES string of the molecule is C/C=C/CN1C(=O)C2C(N=C3N(c4ccc(C(N)=O)cc4)C(C)=CN32)N(C)C1=O. The Kier molecular flexibility index (Phi) is 4.37. The number of likely N-dealkylation sites (N-methyl/N-ethyl adjacent to an activating group) is 1. The van der Waals surface area contributed by atoms with E-state index in [0.29, 0.717) is 11.5 Å². The average molecular weight is 394 g/mol. The molecular formula is C20H22N6O3. The van der Waals surface area contributed by atoms with Gasteiger partial charge < -0.3 is 15.5 Å². The Morgan fingerprint density at radius 3 is 2.55 bits per heavy atom. The maximum Gasteiger partial charge on any atom is 0.328 e. The minimum Gasteiger partial charge on any atom is -0.366 e. The lowest BCUT2D eigenvalue weighted by molar-refractivity contribution is -0.136. The van der Waals surface area contributed by atoms with E-state index >= 15 is 0 Å². The van der Waals surface area contributed by atoms with Crippen molar-refractivity contribution in [1.29, 1.82) is 0 Å². The number of nitrogens with two attached hydrogens (primary N) is 1. The lowest BCUT2D eigenvalue weighted by Gasteiger charge is -2.39. The van der Waals surface area contributed by atoms with Crippen LogP contribution in [-0.4, -0.2) is 64.3 Å². The Bertz CT molecular complexity index is 980. The number of benzene rings is 1. The van der Waals surface area contributed by atoms with E-state index < -0.39 is 18.1 Å². The first-order chi connectivity index (χ1) is 13.8. The molecule has 9 heteroatoms. The maximum absolute atomic E-state index is 13.1. The molecule has 3 aliphatic heterocycles. The average Bonchev–Trinajstić information content (AvgIpc) is 3.21. The van der Waals surface area contributed by atoms with Crippen molar-refractivity contribution >= 4 is 29.5 Å². The number of guanidine groups is 1. The van der Waals surface area contributed by atoms with Crippen LogP contribution in [0.15, 0.2) is 53.3 Å². The molecule has 1 fully saturated rings. The fourth-order valence-electron chi connectivity index (χ4n) is 3.83. The van der Waals surface area contributed by atoms with Gasteiger partial charge in [-0.15, -0.1) is 0 Å². The summed E-state index contributed by atoms with van der Waals surface area (Å²) in [4.78, 5) is 48.3. The predicted molar refractivity (Wildman–Crippen MR) is 108 cm³/mol. The van der Waals surface area contributed by atoms with Gasteiger partial charge >= 0.3 is 6.03 Å². The highest BCUT2D eigenvalue weighted by atomic mass is 16.2. The molecule has 9 nitrogen and oxygen atoms in total. The molecule has 3 aliphatic rings. The van der Waals surface area contributed by atoms with Gasteiger partial charge in [-0.05, 0) is 38.1 Å². The van der Waals surface area contributed by atoms with Gasteiger partial charge in [-0.2, -0.15) is 0 Å². The first-order valence-electron chi connectivity index (χ1n) is 9.29. The largest absolute Gasteiger partial charge is 0.366 e. The number of urea groups is 1. The smallest absolute Gasteiger partial charge is 0.328 e. The van der Waals surface area contributed by atoms with Crippen LogP contribution >= 0.6 is 0 Å². The Morgan fingerprint density at radius 2 is 1.93 bits per heavy atom. The molecular weight excluding hydrogens is 372 g/mol. The van der Waals surface area contributed by atoms with Gasteiger partial charge in [0.05, 0.1) is 0 Å². The summed E-state index contributed by atoms with van der Waals surface area (Å²) in [6.07, 6.45) is 4.85. The summed E-state index contributed by atoms with van der Waals surface area (Å²) in [5.74, 6) is -0.196. The number of fused-ring (bicyclic) bond motifs is 3. The summed E-state index contributed by atoms with van der Waals surface area (Å²) in [7, 11) is 1.66. The Morgan fingerprint density at radius 1 is 1.24 bits per heavy atom. The van der Waals surface area contributed by atoms with Gasteiger partial charge in [-0.3, -0.25) is 19.4 Å². The molecule has 29 heavy (non-hydrogen) atoms. The number of carbonyl (C=O) groups is 3. The van der Waals surface area contributed by atoms with E-state index in [9.17, 15) is 14.4 Å². The number of carbonyl (C=O) groups excluding carboxylic acids is 3. The fraction of sp³-hybridized carbons (Fsp3) is 0.300. The first-order valence-corrected chi connectivity index (χ1v) is 9.29. The lowest BCUT2D eigenvalue weighted by atomic mass is 10.1. The van der Waals surface area contributed by atoms with Crippen molar-refractivity contribution < 1.29 is 14.4 Å². The van der Waals surface area contributed by atoms with Crippen LogP contribution < -0.4 is 10.6 Å². The van der Waals surface area contributed by atoms with E-state index in [2.05, 4.69) is 0 Å². The topological polar surface area (TPSA) is 103 Å². The molecule has 4 rings (SSSR count). The number of nitrogens with zero attached hydrogens (tertiary/aromatic N) is 5. The normalized spacial score (nSPS) is 23.6. The molecule has 0 aliphatic carbocycles. The molecule has 2 N–H and O–H groups in total. The maximum atomic E-state index is 13.1. The molecule has 2 atom stereocenters. The highest BCUT2D eigenvalue weighted by molar-refractivity contribution is 6.10. The molecule has 2 unspecified atom stereocenters. The summed E-state index contributed by atoms with van der Waals surface area (Å²) < 4.78 is 0. The van der Waals surface area contributed by atoms with E-state index in [1.165, 1.54) is 9.80 Å². The number of hydrogen-bond acceptors (Lipinski definition) is 6. The van der Waals surface area contributed by atoms with E-state index in [-0.39, 0.29) is 18.5 Å². The van der Waals surface area contributed by atoms with Crippen LogP contribution in [0.1, 0.15) is 24.2 Å². The minimum atomic E-state index is -0.609. The Hall–Kier alpha value is -3.62. The quantitative estimate of drug-likeness (QED) is 0.776.